The van der Waals surface area contributed by atoms with E-state index in [4.69, 9.17) is 4.74 Å². The topological polar surface area (TPSA) is 101 Å². The number of pyridine rings is 1. The Labute approximate surface area is 173 Å². The zero-order valence-electron chi connectivity index (χ0n) is 16.9. The summed E-state index contributed by atoms with van der Waals surface area (Å²) in [6.45, 7) is 1.97. The number of rotatable bonds is 7. The fourth-order valence-corrected chi connectivity index (χ4v) is 3.34. The SMILES string of the molecule is CN(C)C1CCN(CC(=O)Nc2cc(Oc3ccc([N+](=O)[O-])cc3F)ccn2)CC1. The molecule has 1 amide bonds. The van der Waals surface area contributed by atoms with Gasteiger partial charge in [0.15, 0.2) is 11.6 Å². The third-order valence-electron chi connectivity index (χ3n) is 5.01. The molecule has 9 nitrogen and oxygen atoms in total. The highest BCUT2D eigenvalue weighted by Crippen LogP contribution is 2.28. The average molecular weight is 417 g/mol. The minimum atomic E-state index is -0.854. The molecule has 160 valence electrons. The molecule has 2 aromatic rings. The van der Waals surface area contributed by atoms with Crippen LogP contribution in [-0.4, -0.2) is 65.4 Å². The molecule has 1 saturated heterocycles. The molecule has 0 unspecified atom stereocenters. The van der Waals surface area contributed by atoms with Gasteiger partial charge in [-0.25, -0.2) is 9.37 Å². The van der Waals surface area contributed by atoms with Crippen molar-refractivity contribution in [1.29, 1.82) is 0 Å². The van der Waals surface area contributed by atoms with Gasteiger partial charge < -0.3 is 15.0 Å². The number of halogens is 1. The highest BCUT2D eigenvalue weighted by Gasteiger charge is 2.22. The van der Waals surface area contributed by atoms with Crippen LogP contribution in [0.2, 0.25) is 0 Å². The van der Waals surface area contributed by atoms with Crippen LogP contribution in [0, 0.1) is 15.9 Å². The van der Waals surface area contributed by atoms with E-state index < -0.39 is 10.7 Å². The van der Waals surface area contributed by atoms with Crippen molar-refractivity contribution in [2.75, 3.05) is 39.0 Å². The Kier molecular flexibility index (Phi) is 6.91. The number of likely N-dealkylation sites (tertiary alicyclic amines) is 1. The first-order valence-corrected chi connectivity index (χ1v) is 9.58. The minimum absolute atomic E-state index is 0.159. The van der Waals surface area contributed by atoms with E-state index in [9.17, 15) is 19.3 Å². The van der Waals surface area contributed by atoms with Gasteiger partial charge in [0.1, 0.15) is 11.6 Å². The minimum Gasteiger partial charge on any atom is -0.454 e. The maximum absolute atomic E-state index is 14.0. The zero-order chi connectivity index (χ0) is 21.7. The lowest BCUT2D eigenvalue weighted by Crippen LogP contribution is -2.44. The van der Waals surface area contributed by atoms with Crippen LogP contribution in [0.25, 0.3) is 0 Å². The second-order valence-electron chi connectivity index (χ2n) is 7.37. The van der Waals surface area contributed by atoms with E-state index in [1.165, 1.54) is 24.4 Å². The third kappa shape index (κ3) is 5.71. The molecule has 1 aliphatic heterocycles. The summed E-state index contributed by atoms with van der Waals surface area (Å²) < 4.78 is 19.5. The average Bonchev–Trinajstić information content (AvgIpc) is 2.70. The second-order valence-corrected chi connectivity index (χ2v) is 7.37. The maximum Gasteiger partial charge on any atom is 0.272 e. The van der Waals surface area contributed by atoms with Gasteiger partial charge in [0.05, 0.1) is 17.5 Å². The van der Waals surface area contributed by atoms with Crippen LogP contribution in [0.5, 0.6) is 11.5 Å². The van der Waals surface area contributed by atoms with Crippen molar-refractivity contribution in [2.24, 2.45) is 0 Å². The van der Waals surface area contributed by atoms with Gasteiger partial charge >= 0.3 is 0 Å². The quantitative estimate of drug-likeness (QED) is 0.546. The molecule has 3 rings (SSSR count). The number of nitrogens with zero attached hydrogens (tertiary/aromatic N) is 4. The summed E-state index contributed by atoms with van der Waals surface area (Å²) in [5, 5.41) is 13.4. The Bertz CT molecular complexity index is 916. The summed E-state index contributed by atoms with van der Waals surface area (Å²) in [6, 6.07) is 6.64. The fourth-order valence-electron chi connectivity index (χ4n) is 3.34. The Morgan fingerprint density at radius 2 is 2.07 bits per heavy atom. The Hall–Kier alpha value is -3.11. The molecule has 0 aliphatic carbocycles. The van der Waals surface area contributed by atoms with Crippen LogP contribution in [-0.2, 0) is 4.79 Å². The molecular weight excluding hydrogens is 393 g/mol. The number of carbonyl (C=O) groups excluding carboxylic acids is 1. The molecule has 1 fully saturated rings. The van der Waals surface area contributed by atoms with E-state index in [1.807, 2.05) is 0 Å². The van der Waals surface area contributed by atoms with Crippen molar-refractivity contribution < 1.29 is 18.8 Å². The van der Waals surface area contributed by atoms with Gasteiger partial charge in [-0.05, 0) is 39.1 Å². The van der Waals surface area contributed by atoms with Crippen LogP contribution in [0.3, 0.4) is 0 Å². The van der Waals surface area contributed by atoms with Gasteiger partial charge in [-0.3, -0.25) is 19.8 Å². The van der Waals surface area contributed by atoms with Crippen LogP contribution in [0.15, 0.2) is 36.5 Å². The maximum atomic E-state index is 14.0. The smallest absolute Gasteiger partial charge is 0.272 e. The van der Waals surface area contributed by atoms with Gasteiger partial charge in [0.25, 0.3) is 5.69 Å². The van der Waals surface area contributed by atoms with Crippen LogP contribution in [0.4, 0.5) is 15.9 Å². The first-order valence-electron chi connectivity index (χ1n) is 9.58. The molecule has 2 heterocycles. The van der Waals surface area contributed by atoms with E-state index in [-0.39, 0.29) is 35.5 Å². The molecule has 10 heteroatoms. The Morgan fingerprint density at radius 1 is 1.33 bits per heavy atom. The molecular formula is C20H24FN5O4. The lowest BCUT2D eigenvalue weighted by molar-refractivity contribution is -0.385. The zero-order valence-corrected chi connectivity index (χ0v) is 16.9. The van der Waals surface area contributed by atoms with E-state index in [0.29, 0.717) is 6.04 Å². The van der Waals surface area contributed by atoms with Crippen molar-refractivity contribution in [3.63, 3.8) is 0 Å². The second kappa shape index (κ2) is 9.59. The lowest BCUT2D eigenvalue weighted by atomic mass is 10.0. The largest absolute Gasteiger partial charge is 0.454 e. The normalized spacial score (nSPS) is 15.2. The number of ether oxygens (including phenoxy) is 1. The van der Waals surface area contributed by atoms with E-state index in [2.05, 4.69) is 34.2 Å². The monoisotopic (exact) mass is 417 g/mol. The molecule has 1 aliphatic rings. The number of benzene rings is 1. The number of nitro groups is 1. The summed E-state index contributed by atoms with van der Waals surface area (Å²) in [6.07, 6.45) is 3.46. The van der Waals surface area contributed by atoms with Crippen molar-refractivity contribution in [2.45, 2.75) is 18.9 Å². The predicted octanol–water partition coefficient (Wildman–Crippen LogP) is 2.89. The van der Waals surface area contributed by atoms with Gasteiger partial charge in [0.2, 0.25) is 5.91 Å². The van der Waals surface area contributed by atoms with Gasteiger partial charge in [-0.2, -0.15) is 0 Å². The van der Waals surface area contributed by atoms with Crippen LogP contribution in [0.1, 0.15) is 12.8 Å². The number of amides is 1. The summed E-state index contributed by atoms with van der Waals surface area (Å²) in [4.78, 5) is 30.8. The highest BCUT2D eigenvalue weighted by molar-refractivity contribution is 5.91. The predicted molar refractivity (Wildman–Crippen MR) is 109 cm³/mol. The number of aromatic nitrogens is 1. The van der Waals surface area contributed by atoms with E-state index >= 15 is 0 Å². The fraction of sp³-hybridized carbons (Fsp3) is 0.400. The number of piperidine rings is 1. The molecule has 0 radical (unpaired) electrons. The summed E-state index contributed by atoms with van der Waals surface area (Å²) in [7, 11) is 4.13. The van der Waals surface area contributed by atoms with Crippen molar-refractivity contribution >= 4 is 17.4 Å². The standard InChI is InChI=1S/C20H24FN5O4/c1-24(2)14-6-9-25(10-7-14)13-20(27)23-19-12-16(5-8-22-19)30-18-4-3-15(26(28)29)11-17(18)21/h3-5,8,11-12,14H,6-7,9-10,13H2,1-2H3,(H,22,23,27). The number of nitrogens with one attached hydrogen (secondary N) is 1. The van der Waals surface area contributed by atoms with Crippen LogP contribution < -0.4 is 10.1 Å². The first kappa shape index (κ1) is 21.6. The molecule has 30 heavy (non-hydrogen) atoms. The first-order chi connectivity index (χ1) is 14.3. The van der Waals surface area contributed by atoms with E-state index in [1.54, 1.807) is 0 Å². The molecule has 0 spiro atoms. The summed E-state index contributed by atoms with van der Waals surface area (Å²) >= 11 is 0. The van der Waals surface area contributed by atoms with E-state index in [0.717, 1.165) is 38.1 Å². The Balaban J connectivity index is 1.57. The highest BCUT2D eigenvalue weighted by atomic mass is 19.1. The molecule has 1 aromatic carbocycles. The number of anilines is 1. The summed E-state index contributed by atoms with van der Waals surface area (Å²) in [5.41, 5.74) is -0.364. The van der Waals surface area contributed by atoms with Gasteiger partial charge in [-0.1, -0.05) is 0 Å². The lowest BCUT2D eigenvalue weighted by Gasteiger charge is -2.34. The Morgan fingerprint density at radius 3 is 2.70 bits per heavy atom. The molecule has 0 atom stereocenters. The molecule has 1 N–H and O–H groups in total. The number of nitro benzene ring substituents is 1. The van der Waals surface area contributed by atoms with Crippen molar-refractivity contribution in [3.05, 3.63) is 52.5 Å². The number of carbonyl (C=O) groups is 1. The number of hydrogen-bond donors (Lipinski definition) is 1. The van der Waals surface area contributed by atoms with Gasteiger partial charge in [0, 0.05) is 37.5 Å². The summed E-state index contributed by atoms with van der Waals surface area (Å²) in [5.74, 6) is -0.673. The number of hydrogen-bond acceptors (Lipinski definition) is 7. The van der Waals surface area contributed by atoms with Crippen LogP contribution >= 0.6 is 0 Å². The van der Waals surface area contributed by atoms with Crippen molar-refractivity contribution in [3.8, 4) is 11.5 Å². The van der Waals surface area contributed by atoms with Gasteiger partial charge in [-0.15, -0.1) is 0 Å². The molecule has 1 aromatic heterocycles. The van der Waals surface area contributed by atoms with Crippen molar-refractivity contribution in [1.82, 2.24) is 14.8 Å². The number of non-ortho nitro benzene ring substituents is 1. The molecule has 0 saturated carbocycles. The molecule has 0 bridgehead atoms. The third-order valence-corrected chi connectivity index (χ3v) is 5.01.